The first kappa shape index (κ1) is 19.2. The number of aromatic hydroxyl groups is 1. The predicted octanol–water partition coefficient (Wildman–Crippen LogP) is 5.14. The zero-order valence-corrected chi connectivity index (χ0v) is 17.3. The zero-order valence-electron chi connectivity index (χ0n) is 16.5. The van der Waals surface area contributed by atoms with E-state index in [1.54, 1.807) is 42.4 Å². The molecule has 0 bridgehead atoms. The van der Waals surface area contributed by atoms with Crippen molar-refractivity contribution >= 4 is 17.4 Å². The number of hydrogen-bond donors (Lipinski definition) is 2. The van der Waals surface area contributed by atoms with E-state index >= 15 is 0 Å². The summed E-state index contributed by atoms with van der Waals surface area (Å²) in [7, 11) is 0. The number of nitrogens with zero attached hydrogens (tertiary/aromatic N) is 2. The second-order valence-corrected chi connectivity index (χ2v) is 8.33. The molecule has 5 rings (SSSR count). The van der Waals surface area contributed by atoms with Gasteiger partial charge in [0.25, 0.3) is 5.56 Å². The lowest BCUT2D eigenvalue weighted by atomic mass is 10.1. The summed E-state index contributed by atoms with van der Waals surface area (Å²) >= 11 is 1.70. The van der Waals surface area contributed by atoms with Gasteiger partial charge in [0, 0.05) is 39.7 Å². The van der Waals surface area contributed by atoms with Crippen molar-refractivity contribution < 1.29 is 5.11 Å². The lowest BCUT2D eigenvalue weighted by Crippen LogP contribution is -2.19. The van der Waals surface area contributed by atoms with Gasteiger partial charge in [-0.1, -0.05) is 60.3 Å². The summed E-state index contributed by atoms with van der Waals surface area (Å²) in [5.74, 6) is 0.174. The molecule has 0 aliphatic carbocycles. The van der Waals surface area contributed by atoms with Gasteiger partial charge in [0.15, 0.2) is 5.65 Å². The van der Waals surface area contributed by atoms with Crippen molar-refractivity contribution in [1.82, 2.24) is 14.6 Å². The number of hydrogen-bond acceptors (Lipinski definition) is 4. The van der Waals surface area contributed by atoms with Crippen LogP contribution >= 0.6 is 11.8 Å². The molecule has 3 aromatic carbocycles. The lowest BCUT2D eigenvalue weighted by Gasteiger charge is -2.05. The van der Waals surface area contributed by atoms with Gasteiger partial charge in [-0.25, -0.2) is 9.50 Å². The minimum atomic E-state index is -0.171. The van der Waals surface area contributed by atoms with Crippen LogP contribution in [0.25, 0.3) is 16.8 Å². The number of rotatable bonds is 5. The first-order chi connectivity index (χ1) is 15.2. The highest BCUT2D eigenvalue weighted by molar-refractivity contribution is 7.99. The van der Waals surface area contributed by atoms with E-state index in [9.17, 15) is 9.90 Å². The Morgan fingerprint density at radius 1 is 0.871 bits per heavy atom. The normalized spacial score (nSPS) is 11.1. The number of fused-ring (bicyclic) bond motifs is 1. The number of aromatic nitrogens is 3. The Balaban J connectivity index is 1.44. The second kappa shape index (κ2) is 8.16. The van der Waals surface area contributed by atoms with Crippen LogP contribution in [0.3, 0.4) is 0 Å². The molecule has 5 aromatic rings. The molecule has 0 spiro atoms. The van der Waals surface area contributed by atoms with Gasteiger partial charge in [0.1, 0.15) is 5.75 Å². The van der Waals surface area contributed by atoms with Crippen LogP contribution in [0, 0.1) is 0 Å². The summed E-state index contributed by atoms with van der Waals surface area (Å²) in [5.41, 5.74) is 3.46. The van der Waals surface area contributed by atoms with E-state index in [2.05, 4.69) is 34.3 Å². The molecule has 0 unspecified atom stereocenters. The summed E-state index contributed by atoms with van der Waals surface area (Å²) in [5, 5.41) is 13.0. The molecule has 0 aliphatic heterocycles. The smallest absolute Gasteiger partial charge is 0.276 e. The van der Waals surface area contributed by atoms with Gasteiger partial charge in [-0.3, -0.25) is 9.89 Å². The highest BCUT2D eigenvalue weighted by Gasteiger charge is 2.13. The van der Waals surface area contributed by atoms with Crippen LogP contribution in [-0.4, -0.2) is 19.7 Å². The predicted molar refractivity (Wildman–Crippen MR) is 123 cm³/mol. The maximum Gasteiger partial charge on any atom is 0.276 e. The van der Waals surface area contributed by atoms with Crippen molar-refractivity contribution in [1.29, 1.82) is 0 Å². The minimum absolute atomic E-state index is 0.171. The Bertz CT molecular complexity index is 1410. The molecular formula is C25H19N3O2S. The first-order valence-corrected chi connectivity index (χ1v) is 10.7. The van der Waals surface area contributed by atoms with E-state index in [1.165, 1.54) is 9.41 Å². The monoisotopic (exact) mass is 425 g/mol. The van der Waals surface area contributed by atoms with Gasteiger partial charge in [-0.05, 0) is 41.5 Å². The summed E-state index contributed by atoms with van der Waals surface area (Å²) in [6.07, 6.45) is 3.72. The number of phenols is 1. The Hall–Kier alpha value is -3.77. The molecule has 0 radical (unpaired) electrons. The molecule has 0 saturated carbocycles. The Morgan fingerprint density at radius 2 is 1.58 bits per heavy atom. The molecule has 0 fully saturated rings. The molecular weight excluding hydrogens is 406 g/mol. The van der Waals surface area contributed by atoms with E-state index in [4.69, 9.17) is 0 Å². The number of aromatic amines is 1. The van der Waals surface area contributed by atoms with Gasteiger partial charge in [0.05, 0.1) is 0 Å². The molecule has 0 amide bonds. The van der Waals surface area contributed by atoms with Gasteiger partial charge in [-0.15, -0.1) is 0 Å². The first-order valence-electron chi connectivity index (χ1n) is 9.87. The molecule has 6 heteroatoms. The van der Waals surface area contributed by atoms with Crippen LogP contribution in [0.4, 0.5) is 0 Å². The molecule has 0 atom stereocenters. The third-order valence-corrected chi connectivity index (χ3v) is 6.14. The fourth-order valence-electron chi connectivity index (χ4n) is 3.52. The van der Waals surface area contributed by atoms with Crippen molar-refractivity contribution in [3.63, 3.8) is 0 Å². The van der Waals surface area contributed by atoms with Crippen molar-refractivity contribution in [3.05, 3.63) is 113 Å². The molecule has 0 aliphatic rings. The molecule has 2 aromatic heterocycles. The lowest BCUT2D eigenvalue weighted by molar-refractivity contribution is 0.469. The number of benzene rings is 3. The fraction of sp³-hybridized carbons (Fsp3) is 0.0400. The largest absolute Gasteiger partial charge is 0.508 e. The SMILES string of the molecule is O=c1c(Cc2ccccc2O)cnc2c(-c3ccc(Sc4ccccc4)cc3)c[nH]n12. The average molecular weight is 426 g/mol. The molecule has 0 saturated heterocycles. The summed E-state index contributed by atoms with van der Waals surface area (Å²) in [4.78, 5) is 19.8. The molecule has 31 heavy (non-hydrogen) atoms. The summed E-state index contributed by atoms with van der Waals surface area (Å²) < 4.78 is 1.46. The van der Waals surface area contributed by atoms with Crippen molar-refractivity contribution in [2.75, 3.05) is 0 Å². The Kier molecular flexibility index (Phi) is 5.06. The van der Waals surface area contributed by atoms with Crippen molar-refractivity contribution in [2.45, 2.75) is 16.2 Å². The minimum Gasteiger partial charge on any atom is -0.508 e. The van der Waals surface area contributed by atoms with E-state index in [-0.39, 0.29) is 11.3 Å². The Labute approximate surface area is 183 Å². The molecule has 2 N–H and O–H groups in total. The fourth-order valence-corrected chi connectivity index (χ4v) is 4.36. The van der Waals surface area contributed by atoms with E-state index in [1.807, 2.05) is 36.4 Å². The van der Waals surface area contributed by atoms with Crippen LogP contribution < -0.4 is 5.56 Å². The second-order valence-electron chi connectivity index (χ2n) is 7.18. The highest BCUT2D eigenvalue weighted by Crippen LogP contribution is 2.30. The number of H-pyrrole nitrogens is 1. The maximum atomic E-state index is 13.0. The molecule has 5 nitrogen and oxygen atoms in total. The topological polar surface area (TPSA) is 70.4 Å². The third kappa shape index (κ3) is 3.85. The summed E-state index contributed by atoms with van der Waals surface area (Å²) in [6, 6.07) is 25.5. The van der Waals surface area contributed by atoms with Crippen molar-refractivity contribution in [3.8, 4) is 16.9 Å². The quantitative estimate of drug-likeness (QED) is 0.409. The van der Waals surface area contributed by atoms with Crippen LogP contribution in [0.2, 0.25) is 0 Å². The van der Waals surface area contributed by atoms with Gasteiger partial charge < -0.3 is 5.11 Å². The van der Waals surface area contributed by atoms with Crippen LogP contribution in [0.1, 0.15) is 11.1 Å². The molecule has 152 valence electrons. The standard InChI is InChI=1S/C25H19N3O2S/c29-23-9-5-4-6-18(23)14-19-15-26-24-22(16-27-28(24)25(19)30)17-10-12-21(13-11-17)31-20-7-2-1-3-8-20/h1-13,15-16,27,29H,14H2. The number of para-hydroxylation sites is 1. The zero-order chi connectivity index (χ0) is 21.2. The van der Waals surface area contributed by atoms with Crippen molar-refractivity contribution in [2.24, 2.45) is 0 Å². The van der Waals surface area contributed by atoms with Gasteiger partial charge in [-0.2, -0.15) is 0 Å². The van der Waals surface area contributed by atoms with E-state index in [0.29, 0.717) is 23.2 Å². The van der Waals surface area contributed by atoms with E-state index < -0.39 is 0 Å². The average Bonchev–Trinajstić information content (AvgIpc) is 3.23. The summed E-state index contributed by atoms with van der Waals surface area (Å²) in [6.45, 7) is 0. The van der Waals surface area contributed by atoms with Crippen LogP contribution in [0.5, 0.6) is 5.75 Å². The number of phenolic OH excluding ortho intramolecular Hbond substituents is 1. The number of nitrogens with one attached hydrogen (secondary N) is 1. The van der Waals surface area contributed by atoms with Crippen LogP contribution in [-0.2, 0) is 6.42 Å². The van der Waals surface area contributed by atoms with Gasteiger partial charge in [0.2, 0.25) is 0 Å². The maximum absolute atomic E-state index is 13.0. The van der Waals surface area contributed by atoms with Crippen LogP contribution in [0.15, 0.2) is 106 Å². The third-order valence-electron chi connectivity index (χ3n) is 5.13. The Morgan fingerprint density at radius 3 is 2.35 bits per heavy atom. The highest BCUT2D eigenvalue weighted by atomic mass is 32.2. The van der Waals surface area contributed by atoms with Gasteiger partial charge >= 0.3 is 0 Å². The molecule has 2 heterocycles. The van der Waals surface area contributed by atoms with E-state index in [0.717, 1.165) is 16.0 Å².